The van der Waals surface area contributed by atoms with Crippen LogP contribution < -0.4 is 19.7 Å². The number of thiophene rings is 1. The number of rotatable bonds is 7. The van der Waals surface area contributed by atoms with E-state index in [9.17, 15) is 4.79 Å². The third-order valence-electron chi connectivity index (χ3n) is 5.68. The van der Waals surface area contributed by atoms with E-state index in [4.69, 9.17) is 14.1 Å². The molecule has 3 heterocycles. The Morgan fingerprint density at radius 3 is 2.70 bits per heavy atom. The second-order valence-corrected chi connectivity index (χ2v) is 8.77. The molecule has 1 saturated heterocycles. The topological polar surface area (TPSA) is 89.7 Å². The van der Waals surface area contributed by atoms with Gasteiger partial charge in [0.05, 0.1) is 23.4 Å². The summed E-state index contributed by atoms with van der Waals surface area (Å²) in [5, 5.41) is 13.0. The molecule has 0 aliphatic carbocycles. The number of hydrogen-bond donors (Lipinski definition) is 1. The Balaban J connectivity index is 1.28. The summed E-state index contributed by atoms with van der Waals surface area (Å²) in [4.78, 5) is 15.8. The van der Waals surface area contributed by atoms with Gasteiger partial charge in [0, 0.05) is 18.7 Å². The zero-order valence-corrected chi connectivity index (χ0v) is 19.1. The molecular formula is C24H24N4O4S. The zero-order valence-electron chi connectivity index (χ0n) is 18.2. The molecule has 0 atom stereocenters. The highest BCUT2D eigenvalue weighted by molar-refractivity contribution is 7.12. The van der Waals surface area contributed by atoms with Gasteiger partial charge in [0.15, 0.2) is 22.5 Å². The predicted octanol–water partition coefficient (Wildman–Crippen LogP) is 5.11. The Hall–Kier alpha value is -3.59. The number of methoxy groups -OCH3 is 1. The molecule has 4 aromatic rings. The average molecular weight is 465 g/mol. The van der Waals surface area contributed by atoms with Crippen molar-refractivity contribution in [1.29, 1.82) is 0 Å². The molecule has 2 aromatic heterocycles. The maximum atomic E-state index is 12.9. The third kappa shape index (κ3) is 4.49. The number of nitrogens with zero attached hydrogens (tertiary/aromatic N) is 3. The molecule has 0 saturated carbocycles. The molecule has 0 spiro atoms. The van der Waals surface area contributed by atoms with Crippen LogP contribution in [-0.2, 0) is 6.61 Å². The summed E-state index contributed by atoms with van der Waals surface area (Å²) in [6.07, 6.45) is 3.57. The monoisotopic (exact) mass is 464 g/mol. The van der Waals surface area contributed by atoms with Crippen molar-refractivity contribution in [2.24, 2.45) is 0 Å². The maximum absolute atomic E-state index is 12.9. The van der Waals surface area contributed by atoms with E-state index >= 15 is 0 Å². The molecule has 1 aliphatic rings. The number of fused-ring (bicyclic) bond motifs is 1. The highest BCUT2D eigenvalue weighted by Crippen LogP contribution is 2.32. The second kappa shape index (κ2) is 9.50. The van der Waals surface area contributed by atoms with Gasteiger partial charge in [0.25, 0.3) is 5.91 Å². The summed E-state index contributed by atoms with van der Waals surface area (Å²) < 4.78 is 16.2. The minimum Gasteiger partial charge on any atom is -0.493 e. The van der Waals surface area contributed by atoms with E-state index in [1.165, 1.54) is 17.8 Å². The van der Waals surface area contributed by atoms with Gasteiger partial charge < -0.3 is 19.7 Å². The first-order valence-corrected chi connectivity index (χ1v) is 11.8. The van der Waals surface area contributed by atoms with Gasteiger partial charge in [-0.15, -0.1) is 11.3 Å². The number of hydrogen-bond acceptors (Lipinski definition) is 8. The molecule has 8 nitrogen and oxygen atoms in total. The third-order valence-corrected chi connectivity index (χ3v) is 6.66. The number of benzene rings is 2. The van der Waals surface area contributed by atoms with Crippen molar-refractivity contribution in [2.75, 3.05) is 30.4 Å². The fraction of sp³-hybridized carbons (Fsp3) is 0.292. The number of anilines is 2. The molecule has 0 radical (unpaired) electrons. The zero-order chi connectivity index (χ0) is 22.6. The Morgan fingerprint density at radius 2 is 1.88 bits per heavy atom. The Labute approximate surface area is 195 Å². The molecule has 9 heteroatoms. The van der Waals surface area contributed by atoms with Gasteiger partial charge in [0.2, 0.25) is 0 Å². The van der Waals surface area contributed by atoms with Gasteiger partial charge in [-0.25, -0.2) is 4.63 Å². The predicted molar refractivity (Wildman–Crippen MR) is 127 cm³/mol. The number of carbonyl (C=O) groups excluding carboxylic acids is 1. The van der Waals surface area contributed by atoms with E-state index in [1.54, 1.807) is 7.11 Å². The lowest BCUT2D eigenvalue weighted by molar-refractivity contribution is 0.103. The van der Waals surface area contributed by atoms with Gasteiger partial charge in [-0.1, -0.05) is 12.1 Å². The van der Waals surface area contributed by atoms with E-state index in [-0.39, 0.29) is 5.91 Å². The largest absolute Gasteiger partial charge is 0.493 e. The number of para-hydroxylation sites is 2. The van der Waals surface area contributed by atoms with Crippen molar-refractivity contribution in [3.63, 3.8) is 0 Å². The fourth-order valence-electron chi connectivity index (χ4n) is 4.00. The number of piperidine rings is 1. The van der Waals surface area contributed by atoms with Crippen LogP contribution in [0, 0.1) is 0 Å². The van der Waals surface area contributed by atoms with E-state index < -0.39 is 0 Å². The lowest BCUT2D eigenvalue weighted by Crippen LogP contribution is -2.29. The van der Waals surface area contributed by atoms with Crippen LogP contribution in [0.3, 0.4) is 0 Å². The van der Waals surface area contributed by atoms with Crippen LogP contribution in [0.1, 0.15) is 34.5 Å². The van der Waals surface area contributed by atoms with Crippen LogP contribution >= 0.6 is 11.3 Å². The van der Waals surface area contributed by atoms with E-state index in [0.29, 0.717) is 39.7 Å². The lowest BCUT2D eigenvalue weighted by Gasteiger charge is -2.28. The molecule has 1 amide bonds. The fourth-order valence-corrected chi connectivity index (χ4v) is 4.79. The van der Waals surface area contributed by atoms with Gasteiger partial charge in [-0.2, -0.15) is 0 Å². The standard InChI is InChI=1S/C24H24N4O4S/c1-30-19-7-3-4-8-20(19)31-14-16-13-21(33-15-16)24(29)25-17-9-10-18(23-22(17)26-32-27-23)28-11-5-2-6-12-28/h3-4,7-10,13,15H,2,5-6,11-12,14H2,1H3,(H,25,29). The smallest absolute Gasteiger partial charge is 0.265 e. The number of carbonyl (C=O) groups is 1. The van der Waals surface area contributed by atoms with E-state index in [2.05, 4.69) is 20.5 Å². The molecule has 170 valence electrons. The van der Waals surface area contributed by atoms with Crippen molar-refractivity contribution >= 4 is 39.7 Å². The quantitative estimate of drug-likeness (QED) is 0.406. The average Bonchev–Trinajstić information content (AvgIpc) is 3.54. The van der Waals surface area contributed by atoms with Gasteiger partial charge in [-0.3, -0.25) is 4.79 Å². The summed E-state index contributed by atoms with van der Waals surface area (Å²) in [6.45, 7) is 2.32. The highest BCUT2D eigenvalue weighted by atomic mass is 32.1. The van der Waals surface area contributed by atoms with Gasteiger partial charge in [0.1, 0.15) is 6.61 Å². The van der Waals surface area contributed by atoms with Crippen LogP contribution in [0.25, 0.3) is 11.0 Å². The van der Waals surface area contributed by atoms with Gasteiger partial charge in [-0.05, 0) is 65.3 Å². The lowest BCUT2D eigenvalue weighted by atomic mass is 10.1. The molecule has 1 fully saturated rings. The molecule has 33 heavy (non-hydrogen) atoms. The maximum Gasteiger partial charge on any atom is 0.265 e. The number of aromatic nitrogens is 2. The van der Waals surface area contributed by atoms with Crippen LogP contribution in [-0.4, -0.2) is 36.4 Å². The SMILES string of the molecule is COc1ccccc1OCc1csc(C(=O)Nc2ccc(N3CCCCC3)c3nonc23)c1. The van der Waals surface area contributed by atoms with Gasteiger partial charge >= 0.3 is 0 Å². The summed E-state index contributed by atoms with van der Waals surface area (Å²) >= 11 is 1.36. The van der Waals surface area contributed by atoms with Crippen molar-refractivity contribution in [1.82, 2.24) is 10.3 Å². The Morgan fingerprint density at radius 1 is 1.09 bits per heavy atom. The molecule has 1 N–H and O–H groups in total. The molecule has 1 aliphatic heterocycles. The normalized spacial score (nSPS) is 13.8. The Bertz CT molecular complexity index is 1260. The summed E-state index contributed by atoms with van der Waals surface area (Å²) in [7, 11) is 1.61. The molecule has 2 aromatic carbocycles. The summed E-state index contributed by atoms with van der Waals surface area (Å²) in [6, 6.07) is 13.2. The second-order valence-electron chi connectivity index (χ2n) is 7.85. The van der Waals surface area contributed by atoms with Crippen LogP contribution in [0.2, 0.25) is 0 Å². The Kier molecular flexibility index (Phi) is 6.12. The molecule has 0 bridgehead atoms. The number of amides is 1. The molecule has 0 unspecified atom stereocenters. The van der Waals surface area contributed by atoms with Crippen molar-refractivity contribution in [3.05, 3.63) is 58.3 Å². The van der Waals surface area contributed by atoms with Crippen LogP contribution in [0.5, 0.6) is 11.5 Å². The first kappa shape index (κ1) is 21.3. The number of ether oxygens (including phenoxy) is 2. The molecular weight excluding hydrogens is 440 g/mol. The first-order chi connectivity index (χ1) is 16.2. The molecule has 5 rings (SSSR count). The van der Waals surface area contributed by atoms with Crippen molar-refractivity contribution < 1.29 is 18.9 Å². The minimum absolute atomic E-state index is 0.210. The highest BCUT2D eigenvalue weighted by Gasteiger charge is 2.20. The summed E-state index contributed by atoms with van der Waals surface area (Å²) in [5.74, 6) is 1.12. The van der Waals surface area contributed by atoms with E-state index in [1.807, 2.05) is 47.8 Å². The summed E-state index contributed by atoms with van der Waals surface area (Å²) in [5.41, 5.74) is 3.72. The minimum atomic E-state index is -0.210. The first-order valence-electron chi connectivity index (χ1n) is 10.9. The van der Waals surface area contributed by atoms with E-state index in [0.717, 1.165) is 37.2 Å². The van der Waals surface area contributed by atoms with Crippen LogP contribution in [0.15, 0.2) is 52.5 Å². The van der Waals surface area contributed by atoms with Crippen molar-refractivity contribution in [3.8, 4) is 11.5 Å². The number of nitrogens with one attached hydrogen (secondary N) is 1. The van der Waals surface area contributed by atoms with Crippen molar-refractivity contribution in [2.45, 2.75) is 25.9 Å². The van der Waals surface area contributed by atoms with Crippen LogP contribution in [0.4, 0.5) is 11.4 Å².